The van der Waals surface area contributed by atoms with Gasteiger partial charge in [0.15, 0.2) is 5.96 Å². The zero-order chi connectivity index (χ0) is 21.2. The number of hydrogen-bond donors (Lipinski definition) is 3. The van der Waals surface area contributed by atoms with E-state index in [1.807, 2.05) is 36.4 Å². The van der Waals surface area contributed by atoms with Crippen molar-refractivity contribution in [3.63, 3.8) is 0 Å². The molecule has 2 aromatic carbocycles. The zero-order valence-electron chi connectivity index (χ0n) is 17.5. The van der Waals surface area contributed by atoms with E-state index in [-0.39, 0.29) is 11.8 Å². The van der Waals surface area contributed by atoms with E-state index in [0.29, 0.717) is 30.2 Å². The van der Waals surface area contributed by atoms with E-state index in [2.05, 4.69) is 20.9 Å². The van der Waals surface area contributed by atoms with Crippen molar-refractivity contribution < 1.29 is 9.59 Å². The van der Waals surface area contributed by atoms with E-state index in [1.54, 1.807) is 45.2 Å². The molecule has 3 N–H and O–H groups in total. The summed E-state index contributed by atoms with van der Waals surface area (Å²) in [6, 6.07) is 15.1. The Bertz CT molecular complexity index is 860. The topological polar surface area (TPSA) is 85.8 Å². The number of hydrogen-bond acceptors (Lipinski definition) is 3. The number of amides is 2. The largest absolute Gasteiger partial charge is 0.356 e. The predicted octanol–water partition coefficient (Wildman–Crippen LogP) is 1.66. The van der Waals surface area contributed by atoms with Gasteiger partial charge in [-0.25, -0.2) is 0 Å². The second kappa shape index (κ2) is 10.8. The predicted molar refractivity (Wildman–Crippen MR) is 116 cm³/mol. The Kier molecular flexibility index (Phi) is 8.21. The van der Waals surface area contributed by atoms with Gasteiger partial charge < -0.3 is 20.9 Å². The molecule has 0 atom stereocenters. The van der Waals surface area contributed by atoms with Crippen LogP contribution in [0, 0.1) is 0 Å². The van der Waals surface area contributed by atoms with Gasteiger partial charge in [0.1, 0.15) is 0 Å². The molecule has 0 aromatic heterocycles. The van der Waals surface area contributed by atoms with Gasteiger partial charge in [0.2, 0.25) is 0 Å². The molecule has 2 rings (SSSR count). The van der Waals surface area contributed by atoms with Crippen molar-refractivity contribution in [1.29, 1.82) is 0 Å². The van der Waals surface area contributed by atoms with Gasteiger partial charge in [-0.2, -0.15) is 0 Å². The van der Waals surface area contributed by atoms with Gasteiger partial charge in [-0.05, 0) is 41.8 Å². The average Bonchev–Trinajstić information content (AvgIpc) is 2.75. The maximum Gasteiger partial charge on any atom is 0.253 e. The van der Waals surface area contributed by atoms with E-state index in [4.69, 9.17) is 0 Å². The van der Waals surface area contributed by atoms with Crippen LogP contribution < -0.4 is 16.0 Å². The summed E-state index contributed by atoms with van der Waals surface area (Å²) >= 11 is 0. The molecule has 7 nitrogen and oxygen atoms in total. The number of aliphatic imine (C=N–C) groups is 1. The van der Waals surface area contributed by atoms with Crippen LogP contribution in [0.1, 0.15) is 31.8 Å². The van der Waals surface area contributed by atoms with Gasteiger partial charge in [-0.3, -0.25) is 14.6 Å². The van der Waals surface area contributed by atoms with Crippen molar-refractivity contribution in [2.24, 2.45) is 4.99 Å². The van der Waals surface area contributed by atoms with E-state index in [0.717, 1.165) is 17.5 Å². The molecule has 0 fully saturated rings. The fourth-order valence-corrected chi connectivity index (χ4v) is 2.77. The fourth-order valence-electron chi connectivity index (χ4n) is 2.77. The lowest BCUT2D eigenvalue weighted by Gasteiger charge is -2.13. The lowest BCUT2D eigenvalue weighted by Crippen LogP contribution is -2.37. The summed E-state index contributed by atoms with van der Waals surface area (Å²) in [5, 5.41) is 9.14. The molecule has 154 valence electrons. The van der Waals surface area contributed by atoms with Crippen LogP contribution in [0.5, 0.6) is 0 Å². The zero-order valence-corrected chi connectivity index (χ0v) is 17.5. The molecule has 2 aromatic rings. The Labute approximate surface area is 172 Å². The lowest BCUT2D eigenvalue weighted by molar-refractivity contribution is 0.0827. The highest BCUT2D eigenvalue weighted by Crippen LogP contribution is 2.08. The second-order valence-corrected chi connectivity index (χ2v) is 6.78. The number of nitrogens with one attached hydrogen (secondary N) is 3. The summed E-state index contributed by atoms with van der Waals surface area (Å²) in [5.74, 6) is 0.596. The van der Waals surface area contributed by atoms with Gasteiger partial charge in [-0.15, -0.1) is 0 Å². The third kappa shape index (κ3) is 6.64. The highest BCUT2D eigenvalue weighted by atomic mass is 16.2. The number of benzene rings is 2. The van der Waals surface area contributed by atoms with Crippen LogP contribution in [-0.2, 0) is 13.0 Å². The molecule has 0 radical (unpaired) electrons. The SMILES string of the molecule is CN=C(NCCc1cccc(C(=O)N(C)C)c1)NCc1ccc(C(=O)NC)cc1. The highest BCUT2D eigenvalue weighted by molar-refractivity contribution is 5.94. The van der Waals surface area contributed by atoms with Gasteiger partial charge >= 0.3 is 0 Å². The maximum absolute atomic E-state index is 12.1. The van der Waals surface area contributed by atoms with Crippen LogP contribution in [0.4, 0.5) is 0 Å². The van der Waals surface area contributed by atoms with Crippen molar-refractivity contribution in [3.8, 4) is 0 Å². The van der Waals surface area contributed by atoms with E-state index in [9.17, 15) is 9.59 Å². The molecule has 0 aliphatic carbocycles. The van der Waals surface area contributed by atoms with Crippen molar-refractivity contribution in [3.05, 3.63) is 70.8 Å². The summed E-state index contributed by atoms with van der Waals surface area (Å²) in [5.41, 5.74) is 3.46. The minimum absolute atomic E-state index is 0.000257. The van der Waals surface area contributed by atoms with Crippen molar-refractivity contribution in [2.45, 2.75) is 13.0 Å². The number of nitrogens with zero attached hydrogens (tertiary/aromatic N) is 2. The first-order valence-electron chi connectivity index (χ1n) is 9.50. The van der Waals surface area contributed by atoms with Crippen LogP contribution in [0.3, 0.4) is 0 Å². The molecule has 29 heavy (non-hydrogen) atoms. The van der Waals surface area contributed by atoms with Crippen molar-refractivity contribution in [1.82, 2.24) is 20.9 Å². The Balaban J connectivity index is 1.83. The number of carbonyl (C=O) groups excluding carboxylic acids is 2. The first kappa shape index (κ1) is 21.9. The Morgan fingerprint density at radius 2 is 1.69 bits per heavy atom. The van der Waals surface area contributed by atoms with Crippen LogP contribution >= 0.6 is 0 Å². The molecule has 7 heteroatoms. The summed E-state index contributed by atoms with van der Waals surface area (Å²) < 4.78 is 0. The number of rotatable bonds is 7. The third-order valence-corrected chi connectivity index (χ3v) is 4.41. The molecular weight excluding hydrogens is 366 g/mol. The standard InChI is InChI=1S/C22H29N5O2/c1-23-20(28)18-10-8-17(9-11-18)15-26-22(24-2)25-13-12-16-6-5-7-19(14-16)21(29)27(3)4/h5-11,14H,12-13,15H2,1-4H3,(H,23,28)(H2,24,25,26). The van der Waals surface area contributed by atoms with Crippen LogP contribution in [0.2, 0.25) is 0 Å². The normalized spacial score (nSPS) is 11.0. The summed E-state index contributed by atoms with van der Waals surface area (Å²) in [7, 11) is 6.83. The number of carbonyl (C=O) groups is 2. The molecule has 0 saturated carbocycles. The van der Waals surface area contributed by atoms with Gasteiger partial charge in [0.25, 0.3) is 11.8 Å². The molecule has 0 heterocycles. The monoisotopic (exact) mass is 395 g/mol. The molecule has 0 spiro atoms. The number of guanidine groups is 1. The second-order valence-electron chi connectivity index (χ2n) is 6.78. The third-order valence-electron chi connectivity index (χ3n) is 4.41. The summed E-state index contributed by atoms with van der Waals surface area (Å²) in [6.45, 7) is 1.29. The summed E-state index contributed by atoms with van der Waals surface area (Å²) in [4.78, 5) is 29.5. The molecule has 0 saturated heterocycles. The molecule has 0 bridgehead atoms. The molecule has 2 amide bonds. The molecular formula is C22H29N5O2. The Morgan fingerprint density at radius 3 is 2.31 bits per heavy atom. The molecule has 0 unspecified atom stereocenters. The van der Waals surface area contributed by atoms with Crippen molar-refractivity contribution >= 4 is 17.8 Å². The smallest absolute Gasteiger partial charge is 0.253 e. The van der Waals surface area contributed by atoms with E-state index in [1.165, 1.54) is 0 Å². The van der Waals surface area contributed by atoms with E-state index < -0.39 is 0 Å². The van der Waals surface area contributed by atoms with Gasteiger partial charge in [0.05, 0.1) is 0 Å². The van der Waals surface area contributed by atoms with Crippen LogP contribution in [-0.4, -0.2) is 57.4 Å². The van der Waals surface area contributed by atoms with Crippen LogP contribution in [0.25, 0.3) is 0 Å². The Morgan fingerprint density at radius 1 is 0.966 bits per heavy atom. The molecule has 0 aliphatic heterocycles. The van der Waals surface area contributed by atoms with Crippen molar-refractivity contribution in [2.75, 3.05) is 34.7 Å². The first-order chi connectivity index (χ1) is 13.9. The van der Waals surface area contributed by atoms with Crippen LogP contribution in [0.15, 0.2) is 53.5 Å². The van der Waals surface area contributed by atoms with Gasteiger partial charge in [-0.1, -0.05) is 24.3 Å². The van der Waals surface area contributed by atoms with Gasteiger partial charge in [0, 0.05) is 52.4 Å². The first-order valence-corrected chi connectivity index (χ1v) is 9.50. The highest BCUT2D eigenvalue weighted by Gasteiger charge is 2.08. The minimum atomic E-state index is -0.0988. The van der Waals surface area contributed by atoms with E-state index >= 15 is 0 Å². The maximum atomic E-state index is 12.1. The summed E-state index contributed by atoms with van der Waals surface area (Å²) in [6.07, 6.45) is 0.774. The average molecular weight is 396 g/mol. The quantitative estimate of drug-likeness (QED) is 0.492. The Hall–Kier alpha value is -3.35. The lowest BCUT2D eigenvalue weighted by atomic mass is 10.1. The minimum Gasteiger partial charge on any atom is -0.356 e. The molecule has 0 aliphatic rings. The fraction of sp³-hybridized carbons (Fsp3) is 0.318.